The van der Waals surface area contributed by atoms with Gasteiger partial charge in [-0.1, -0.05) is 31.2 Å². The number of fused-ring (bicyclic) bond motifs is 1. The third-order valence-corrected chi connectivity index (χ3v) is 8.02. The van der Waals surface area contributed by atoms with E-state index in [-0.39, 0.29) is 36.1 Å². The minimum absolute atomic E-state index is 0.120. The summed E-state index contributed by atoms with van der Waals surface area (Å²) in [5.74, 6) is -0.503. The molecular formula is C30H26BF4N9. The molecule has 0 radical (unpaired) electrons. The first kappa shape index (κ1) is 30.3. The van der Waals surface area contributed by atoms with Crippen LogP contribution in [0.2, 0.25) is 0 Å². The smallest absolute Gasteiger partial charge is 0.383 e. The maximum Gasteiger partial charge on any atom is 0.413 e. The van der Waals surface area contributed by atoms with Crippen LogP contribution in [-0.2, 0) is 11.0 Å². The highest BCUT2D eigenvalue weighted by Gasteiger charge is 2.66. The van der Waals surface area contributed by atoms with Crippen molar-refractivity contribution in [2.45, 2.75) is 50.3 Å². The van der Waals surface area contributed by atoms with E-state index in [1.165, 1.54) is 42.7 Å². The van der Waals surface area contributed by atoms with Gasteiger partial charge in [-0.25, -0.2) is 9.07 Å². The van der Waals surface area contributed by atoms with Crippen LogP contribution in [0.15, 0.2) is 48.8 Å². The molecule has 222 valence electrons. The van der Waals surface area contributed by atoms with Crippen LogP contribution < -0.4 is 10.6 Å². The standard InChI is InChI=1S/C30H26BF4N9/c1-27(2,9-10-36)17-40-26-19(14-38)15-39-25-18(13-37)11-22(12-23(25)26)41-29(31,20-3-5-21(32)6-4-20)24-16-44(43-42-24)28(7-8-28)30(33,34)35/h3-6,11-12,15-16,41H,7-9,17,31H2,1-2H3,(H,39,40). The Balaban J connectivity index is 1.64. The fraction of sp³-hybridized carbons (Fsp3) is 0.333. The summed E-state index contributed by atoms with van der Waals surface area (Å²) in [6.45, 7) is 4.14. The third-order valence-electron chi connectivity index (χ3n) is 8.02. The largest absolute Gasteiger partial charge is 0.413 e. The van der Waals surface area contributed by atoms with Crippen LogP contribution in [0.3, 0.4) is 0 Å². The first-order chi connectivity index (χ1) is 20.8. The Labute approximate surface area is 251 Å². The van der Waals surface area contributed by atoms with Crippen LogP contribution in [0.5, 0.6) is 0 Å². The minimum atomic E-state index is -4.52. The summed E-state index contributed by atoms with van der Waals surface area (Å²) in [4.78, 5) is 4.35. The number of pyridine rings is 1. The second kappa shape index (κ2) is 10.8. The molecular weight excluding hydrogens is 573 g/mol. The lowest BCUT2D eigenvalue weighted by Gasteiger charge is -2.31. The Morgan fingerprint density at radius 3 is 2.32 bits per heavy atom. The molecule has 1 unspecified atom stereocenters. The molecule has 2 N–H and O–H groups in total. The van der Waals surface area contributed by atoms with Crippen molar-refractivity contribution in [2.75, 3.05) is 17.2 Å². The number of benzene rings is 2. The molecule has 0 amide bonds. The number of hydrogen-bond acceptors (Lipinski definition) is 8. The van der Waals surface area contributed by atoms with Gasteiger partial charge in [0.1, 0.15) is 31.5 Å². The lowest BCUT2D eigenvalue weighted by atomic mass is 9.69. The van der Waals surface area contributed by atoms with E-state index in [0.717, 1.165) is 4.68 Å². The predicted molar refractivity (Wildman–Crippen MR) is 156 cm³/mol. The number of nitrogens with zero attached hydrogens (tertiary/aromatic N) is 7. The SMILES string of the molecule is BC(Nc1cc(C#N)c2ncc(C#N)c(NCC(C)(C)CC#N)c2c1)(c1ccc(F)cc1)c1cn(C2(C(F)(F)F)CC2)nn1. The first-order valence-corrected chi connectivity index (χ1v) is 13.7. The summed E-state index contributed by atoms with van der Waals surface area (Å²) < 4.78 is 56.4. The van der Waals surface area contributed by atoms with Crippen LogP contribution in [0, 0.1) is 45.2 Å². The Morgan fingerprint density at radius 2 is 1.73 bits per heavy atom. The highest BCUT2D eigenvalue weighted by atomic mass is 19.4. The van der Waals surface area contributed by atoms with Crippen LogP contribution in [-0.4, -0.2) is 40.5 Å². The molecule has 0 spiro atoms. The van der Waals surface area contributed by atoms with Crippen LogP contribution in [0.1, 0.15) is 55.5 Å². The molecule has 1 aliphatic rings. The second-order valence-electron chi connectivity index (χ2n) is 11.9. The molecule has 0 aliphatic heterocycles. The Morgan fingerprint density at radius 1 is 1.05 bits per heavy atom. The topological polar surface area (TPSA) is 139 Å². The molecule has 0 saturated heterocycles. The lowest BCUT2D eigenvalue weighted by molar-refractivity contribution is -0.182. The molecule has 44 heavy (non-hydrogen) atoms. The van der Waals surface area contributed by atoms with Gasteiger partial charge in [-0.15, -0.1) is 5.10 Å². The summed E-state index contributed by atoms with van der Waals surface area (Å²) in [5, 5.41) is 44.1. The van der Waals surface area contributed by atoms with Gasteiger partial charge in [0.15, 0.2) is 5.54 Å². The van der Waals surface area contributed by atoms with Crippen molar-refractivity contribution in [3.05, 3.63) is 77.0 Å². The van der Waals surface area contributed by atoms with E-state index < -0.39 is 28.4 Å². The third kappa shape index (κ3) is 5.38. The Hall–Kier alpha value is -5.16. The molecule has 1 aliphatic carbocycles. The molecule has 1 atom stereocenters. The van der Waals surface area contributed by atoms with Gasteiger partial charge >= 0.3 is 6.18 Å². The number of anilines is 2. The van der Waals surface area contributed by atoms with Gasteiger partial charge in [-0.05, 0) is 48.1 Å². The summed E-state index contributed by atoms with van der Waals surface area (Å²) in [6.07, 6.45) is -1.90. The molecule has 1 saturated carbocycles. The van der Waals surface area contributed by atoms with Crippen molar-refractivity contribution in [1.82, 2.24) is 20.0 Å². The fourth-order valence-corrected chi connectivity index (χ4v) is 5.16. The highest BCUT2D eigenvalue weighted by molar-refractivity contribution is 6.19. The van der Waals surface area contributed by atoms with E-state index in [1.54, 1.807) is 13.9 Å². The van der Waals surface area contributed by atoms with E-state index >= 15 is 0 Å². The Kier molecular flexibility index (Phi) is 7.47. The van der Waals surface area contributed by atoms with Gasteiger partial charge in [0.2, 0.25) is 0 Å². The van der Waals surface area contributed by atoms with Gasteiger partial charge in [0.05, 0.1) is 40.0 Å². The molecule has 9 nitrogen and oxygen atoms in total. The van der Waals surface area contributed by atoms with Crippen molar-refractivity contribution < 1.29 is 17.6 Å². The number of halogens is 4. The van der Waals surface area contributed by atoms with Crippen LogP contribution in [0.4, 0.5) is 28.9 Å². The number of nitrogens with one attached hydrogen (secondary N) is 2. The van der Waals surface area contributed by atoms with Gasteiger partial charge in [0.25, 0.3) is 0 Å². The monoisotopic (exact) mass is 599 g/mol. The average Bonchev–Trinajstić information content (AvgIpc) is 3.65. The molecule has 14 heteroatoms. The van der Waals surface area contributed by atoms with Crippen LogP contribution in [0.25, 0.3) is 10.9 Å². The quantitative estimate of drug-likeness (QED) is 0.201. The average molecular weight is 599 g/mol. The van der Waals surface area contributed by atoms with E-state index in [1.807, 2.05) is 13.8 Å². The van der Waals surface area contributed by atoms with Gasteiger partial charge in [0, 0.05) is 30.2 Å². The number of rotatable bonds is 9. The Bertz CT molecular complexity index is 1860. The maximum atomic E-state index is 13.9. The molecule has 2 heterocycles. The number of nitriles is 3. The van der Waals surface area contributed by atoms with E-state index in [2.05, 4.69) is 44.1 Å². The number of hydrogen-bond donors (Lipinski definition) is 2. The molecule has 4 aromatic rings. The van der Waals surface area contributed by atoms with Crippen LogP contribution >= 0.6 is 0 Å². The predicted octanol–water partition coefficient (Wildman–Crippen LogP) is 5.06. The summed E-state index contributed by atoms with van der Waals surface area (Å²) in [7, 11) is 1.67. The molecule has 2 aromatic carbocycles. The molecule has 1 fully saturated rings. The summed E-state index contributed by atoms with van der Waals surface area (Å²) in [5.41, 5.74) is -1.79. The van der Waals surface area contributed by atoms with E-state index in [0.29, 0.717) is 34.4 Å². The minimum Gasteiger partial charge on any atom is -0.383 e. The van der Waals surface area contributed by atoms with Crippen molar-refractivity contribution in [2.24, 2.45) is 5.41 Å². The van der Waals surface area contributed by atoms with Gasteiger partial charge < -0.3 is 10.6 Å². The van der Waals surface area contributed by atoms with Crippen molar-refractivity contribution >= 4 is 30.1 Å². The number of aromatic nitrogens is 4. The first-order valence-electron chi connectivity index (χ1n) is 13.7. The summed E-state index contributed by atoms with van der Waals surface area (Å²) in [6, 6.07) is 15.0. The van der Waals surface area contributed by atoms with Crippen molar-refractivity contribution in [3.63, 3.8) is 0 Å². The number of alkyl halides is 3. The molecule has 0 bridgehead atoms. The fourth-order valence-electron chi connectivity index (χ4n) is 5.16. The zero-order valence-corrected chi connectivity index (χ0v) is 24.1. The van der Waals surface area contributed by atoms with E-state index in [9.17, 15) is 33.3 Å². The molecule has 5 rings (SSSR count). The normalized spacial score (nSPS) is 15.4. The zero-order valence-electron chi connectivity index (χ0n) is 24.1. The lowest BCUT2D eigenvalue weighted by Crippen LogP contribution is -2.38. The van der Waals surface area contributed by atoms with Crippen molar-refractivity contribution in [1.29, 1.82) is 15.8 Å². The summed E-state index contributed by atoms with van der Waals surface area (Å²) >= 11 is 0. The maximum absolute atomic E-state index is 13.9. The second-order valence-corrected chi connectivity index (χ2v) is 11.9. The zero-order chi connectivity index (χ0) is 31.9. The van der Waals surface area contributed by atoms with E-state index in [4.69, 9.17) is 0 Å². The van der Waals surface area contributed by atoms with Gasteiger partial charge in [-0.2, -0.15) is 29.0 Å². The van der Waals surface area contributed by atoms with Gasteiger partial charge in [-0.3, -0.25) is 4.98 Å². The molecule has 2 aromatic heterocycles. The van der Waals surface area contributed by atoms with Crippen molar-refractivity contribution in [3.8, 4) is 18.2 Å². The highest BCUT2D eigenvalue weighted by Crippen LogP contribution is 2.55.